The monoisotopic (exact) mass is 400 g/mol. The molecule has 2 aliphatic rings. The first kappa shape index (κ1) is 21.2. The van der Waals surface area contributed by atoms with Crippen LogP contribution in [0, 0.1) is 0 Å². The maximum absolute atomic E-state index is 12.9. The maximum Gasteiger partial charge on any atom is 0.254 e. The smallest absolute Gasteiger partial charge is 0.254 e. The predicted octanol–water partition coefficient (Wildman–Crippen LogP) is 3.49. The van der Waals surface area contributed by atoms with E-state index in [9.17, 15) is 4.79 Å². The molecule has 0 radical (unpaired) electrons. The van der Waals surface area contributed by atoms with Gasteiger partial charge in [0.1, 0.15) is 12.4 Å². The van der Waals surface area contributed by atoms with Gasteiger partial charge in [0, 0.05) is 38.3 Å². The highest BCUT2D eigenvalue weighted by molar-refractivity contribution is 5.95. The summed E-state index contributed by atoms with van der Waals surface area (Å²) in [5, 5.41) is 0. The van der Waals surface area contributed by atoms with E-state index in [-0.39, 0.29) is 5.91 Å². The third-order valence-electron chi connectivity index (χ3n) is 5.09. The average Bonchev–Trinajstić information content (AvgIpc) is 2.76. The number of carbonyl (C=O) groups excluding carboxylic acids is 1. The maximum atomic E-state index is 12.9. The highest BCUT2D eigenvalue weighted by Crippen LogP contribution is 2.29. The van der Waals surface area contributed by atoms with Gasteiger partial charge in [0.25, 0.3) is 5.91 Å². The fraction of sp³-hybridized carbons (Fsp3) is 0.522. The zero-order chi connectivity index (χ0) is 20.5. The van der Waals surface area contributed by atoms with Crippen molar-refractivity contribution in [3.05, 3.63) is 47.7 Å². The molecule has 0 N–H and O–H groups in total. The number of piperazine rings is 1. The molecule has 0 atom stereocenters. The lowest BCUT2D eigenvalue weighted by Crippen LogP contribution is -2.49. The topological polar surface area (TPSA) is 51.2 Å². The van der Waals surface area contributed by atoms with Crippen LogP contribution in [0.25, 0.3) is 0 Å². The number of allylic oxidation sites excluding steroid dienone is 3. The quantitative estimate of drug-likeness (QED) is 0.635. The molecule has 1 aromatic rings. The van der Waals surface area contributed by atoms with E-state index in [0.717, 1.165) is 51.3 Å². The van der Waals surface area contributed by atoms with Gasteiger partial charge in [-0.15, -0.1) is 0 Å². The van der Waals surface area contributed by atoms with Crippen molar-refractivity contribution in [3.63, 3.8) is 0 Å². The van der Waals surface area contributed by atoms with Crippen molar-refractivity contribution < 1.29 is 19.0 Å². The molecule has 0 aromatic heterocycles. The lowest BCUT2D eigenvalue weighted by atomic mass is 10.1. The van der Waals surface area contributed by atoms with Crippen molar-refractivity contribution in [2.45, 2.75) is 26.7 Å². The van der Waals surface area contributed by atoms with Crippen molar-refractivity contribution >= 4 is 5.91 Å². The zero-order valence-corrected chi connectivity index (χ0v) is 17.6. The van der Waals surface area contributed by atoms with Crippen LogP contribution in [-0.2, 0) is 4.74 Å². The molecule has 29 heavy (non-hydrogen) atoms. The molecule has 158 valence electrons. The van der Waals surface area contributed by atoms with Crippen LogP contribution in [-0.4, -0.2) is 68.3 Å². The van der Waals surface area contributed by atoms with Crippen LogP contribution in [0.2, 0.25) is 0 Å². The average molecular weight is 401 g/mol. The minimum atomic E-state index is 0.0439. The van der Waals surface area contributed by atoms with Gasteiger partial charge in [-0.1, -0.05) is 6.08 Å². The largest absolute Gasteiger partial charge is 0.493 e. The Labute approximate surface area is 173 Å². The molecule has 1 aromatic carbocycles. The van der Waals surface area contributed by atoms with E-state index in [1.807, 2.05) is 37.0 Å². The Bertz CT molecular complexity index is 736. The molecule has 1 heterocycles. The number of hydrogen-bond donors (Lipinski definition) is 0. The Morgan fingerprint density at radius 1 is 0.966 bits per heavy atom. The highest BCUT2D eigenvalue weighted by Gasteiger charge is 2.23. The Morgan fingerprint density at radius 2 is 1.72 bits per heavy atom. The van der Waals surface area contributed by atoms with Crippen LogP contribution in [0.15, 0.2) is 42.2 Å². The Balaban J connectivity index is 1.48. The van der Waals surface area contributed by atoms with E-state index in [1.165, 1.54) is 0 Å². The van der Waals surface area contributed by atoms with Gasteiger partial charge in [-0.25, -0.2) is 0 Å². The molecule has 1 saturated heterocycles. The SMILES string of the molecule is CCOc1ccc(C(=O)N2CCN(CCOC3=CCCC=C3)CC2)cc1OCC. The van der Waals surface area contributed by atoms with Crippen molar-refractivity contribution in [1.82, 2.24) is 9.80 Å². The number of nitrogens with zero attached hydrogens (tertiary/aromatic N) is 2. The second-order valence-electron chi connectivity index (χ2n) is 7.10. The number of amides is 1. The molecule has 1 amide bonds. The summed E-state index contributed by atoms with van der Waals surface area (Å²) in [6.45, 7) is 9.68. The van der Waals surface area contributed by atoms with Crippen LogP contribution in [0.5, 0.6) is 11.5 Å². The second-order valence-corrected chi connectivity index (χ2v) is 7.10. The predicted molar refractivity (Wildman–Crippen MR) is 114 cm³/mol. The lowest BCUT2D eigenvalue weighted by Gasteiger charge is -2.34. The summed E-state index contributed by atoms with van der Waals surface area (Å²) in [5.74, 6) is 2.33. The molecule has 0 bridgehead atoms. The summed E-state index contributed by atoms with van der Waals surface area (Å²) >= 11 is 0. The molecule has 3 rings (SSSR count). The van der Waals surface area contributed by atoms with Crippen molar-refractivity contribution in [1.29, 1.82) is 0 Å². The minimum Gasteiger partial charge on any atom is -0.493 e. The number of rotatable bonds is 9. The Morgan fingerprint density at radius 3 is 2.41 bits per heavy atom. The number of ether oxygens (including phenoxy) is 3. The molecular formula is C23H32N2O4. The summed E-state index contributed by atoms with van der Waals surface area (Å²) in [6.07, 6.45) is 8.50. The fourth-order valence-corrected chi connectivity index (χ4v) is 3.53. The fourth-order valence-electron chi connectivity index (χ4n) is 3.53. The Kier molecular flexibility index (Phi) is 7.99. The van der Waals surface area contributed by atoms with E-state index in [4.69, 9.17) is 14.2 Å². The van der Waals surface area contributed by atoms with E-state index >= 15 is 0 Å². The first-order valence-corrected chi connectivity index (χ1v) is 10.6. The van der Waals surface area contributed by atoms with Gasteiger partial charge >= 0.3 is 0 Å². The summed E-state index contributed by atoms with van der Waals surface area (Å²) in [4.78, 5) is 17.2. The van der Waals surface area contributed by atoms with Gasteiger partial charge < -0.3 is 19.1 Å². The van der Waals surface area contributed by atoms with Gasteiger partial charge in [0.05, 0.1) is 13.2 Å². The van der Waals surface area contributed by atoms with Gasteiger partial charge in [-0.05, 0) is 57.0 Å². The van der Waals surface area contributed by atoms with Gasteiger partial charge in [0.15, 0.2) is 11.5 Å². The van der Waals surface area contributed by atoms with Gasteiger partial charge in [-0.2, -0.15) is 0 Å². The van der Waals surface area contributed by atoms with Gasteiger partial charge in [0.2, 0.25) is 0 Å². The summed E-state index contributed by atoms with van der Waals surface area (Å²) in [7, 11) is 0. The lowest BCUT2D eigenvalue weighted by molar-refractivity contribution is 0.0603. The third-order valence-corrected chi connectivity index (χ3v) is 5.09. The number of carbonyl (C=O) groups is 1. The molecule has 1 aliphatic heterocycles. The molecule has 1 aliphatic carbocycles. The molecule has 6 heteroatoms. The first-order chi connectivity index (χ1) is 14.2. The number of benzene rings is 1. The summed E-state index contributed by atoms with van der Waals surface area (Å²) < 4.78 is 17.1. The normalized spacial score (nSPS) is 17.0. The molecule has 0 spiro atoms. The van der Waals surface area contributed by atoms with Crippen LogP contribution in [0.1, 0.15) is 37.0 Å². The standard InChI is InChI=1S/C23H32N2O4/c1-3-27-21-11-10-19(18-22(21)28-4-2)23(26)25-14-12-24(13-15-25)16-17-29-20-8-6-5-7-9-20/h6,8-11,18H,3-5,7,12-17H2,1-2H3. The third kappa shape index (κ3) is 6.00. The van der Waals surface area contributed by atoms with E-state index < -0.39 is 0 Å². The summed E-state index contributed by atoms with van der Waals surface area (Å²) in [6, 6.07) is 5.44. The van der Waals surface area contributed by atoms with Crippen LogP contribution < -0.4 is 9.47 Å². The van der Waals surface area contributed by atoms with Crippen LogP contribution in [0.4, 0.5) is 0 Å². The van der Waals surface area contributed by atoms with Gasteiger partial charge in [-0.3, -0.25) is 9.69 Å². The van der Waals surface area contributed by atoms with Crippen molar-refractivity contribution in [2.24, 2.45) is 0 Å². The van der Waals surface area contributed by atoms with E-state index in [2.05, 4.69) is 17.1 Å². The van der Waals surface area contributed by atoms with Crippen molar-refractivity contribution in [3.8, 4) is 11.5 Å². The highest BCUT2D eigenvalue weighted by atomic mass is 16.5. The molecule has 6 nitrogen and oxygen atoms in total. The first-order valence-electron chi connectivity index (χ1n) is 10.6. The minimum absolute atomic E-state index is 0.0439. The van der Waals surface area contributed by atoms with Crippen LogP contribution in [0.3, 0.4) is 0 Å². The second kappa shape index (κ2) is 10.9. The Hall–Kier alpha value is -2.47. The van der Waals surface area contributed by atoms with E-state index in [0.29, 0.717) is 36.9 Å². The summed E-state index contributed by atoms with van der Waals surface area (Å²) in [5.41, 5.74) is 0.643. The zero-order valence-electron chi connectivity index (χ0n) is 17.6. The molecule has 0 saturated carbocycles. The molecular weight excluding hydrogens is 368 g/mol. The molecule has 0 unspecified atom stereocenters. The van der Waals surface area contributed by atoms with Crippen molar-refractivity contribution in [2.75, 3.05) is 52.5 Å². The number of hydrogen-bond acceptors (Lipinski definition) is 5. The molecule has 1 fully saturated rings. The van der Waals surface area contributed by atoms with E-state index in [1.54, 1.807) is 6.07 Å². The van der Waals surface area contributed by atoms with Crippen LogP contribution >= 0.6 is 0 Å².